The monoisotopic (exact) mass is 349 g/mol. The first kappa shape index (κ1) is 10.7. The molecule has 16 heavy (non-hydrogen) atoms. The molecule has 2 aromatic heterocycles. The first-order valence-electron chi connectivity index (χ1n) is 4.95. The molecule has 1 aliphatic rings. The molecule has 0 saturated carbocycles. The van der Waals surface area contributed by atoms with Crippen molar-refractivity contribution in [2.45, 2.75) is 17.0 Å². The third-order valence-corrected chi connectivity index (χ3v) is 5.94. The average molecular weight is 349 g/mol. The summed E-state index contributed by atoms with van der Waals surface area (Å²) in [6.07, 6.45) is 0.964. The molecule has 4 nitrogen and oxygen atoms in total. The molecule has 0 aromatic carbocycles. The van der Waals surface area contributed by atoms with Crippen molar-refractivity contribution in [3.05, 3.63) is 33.2 Å². The number of aliphatic hydroxyl groups is 1. The maximum absolute atomic E-state index is 11.9. The van der Waals surface area contributed by atoms with Crippen LogP contribution >= 0.6 is 11.3 Å². The zero-order valence-corrected chi connectivity index (χ0v) is 11.4. The minimum absolute atomic E-state index is 0.0656. The van der Waals surface area contributed by atoms with Crippen LogP contribution in [0.25, 0.3) is 4.96 Å². The molecule has 1 atom stereocenters. The van der Waals surface area contributed by atoms with Crippen molar-refractivity contribution >= 4 is 16.3 Å². The van der Waals surface area contributed by atoms with E-state index in [9.17, 15) is 4.79 Å². The van der Waals surface area contributed by atoms with E-state index in [1.165, 1.54) is 20.2 Å². The van der Waals surface area contributed by atoms with Crippen LogP contribution in [0, 0.1) is 0 Å². The zero-order chi connectivity index (χ0) is 11.1. The molecule has 86 valence electrons. The van der Waals surface area contributed by atoms with E-state index in [4.69, 9.17) is 5.11 Å². The van der Waals surface area contributed by atoms with Crippen LogP contribution in [0.1, 0.15) is 11.4 Å². The van der Waals surface area contributed by atoms with Gasteiger partial charge in [0.2, 0.25) is 0 Å². The van der Waals surface area contributed by atoms with Gasteiger partial charge in [0.15, 0.2) is 0 Å². The number of thiazole rings is 1. The number of hydrogen-bond donors (Lipinski definition) is 1. The first-order chi connectivity index (χ1) is 7.78. The Hall–Kier alpha value is -0.470. The molecule has 0 amide bonds. The molecule has 0 radical (unpaired) electrons. The summed E-state index contributed by atoms with van der Waals surface area (Å²) in [5, 5.41) is 10.9. The predicted octanol–water partition coefficient (Wildman–Crippen LogP) is -2.74. The molecule has 1 aliphatic heterocycles. The van der Waals surface area contributed by atoms with E-state index in [1.54, 1.807) is 11.4 Å². The van der Waals surface area contributed by atoms with Crippen molar-refractivity contribution < 1.29 is 26.3 Å². The van der Waals surface area contributed by atoms with Gasteiger partial charge in [-0.05, 0) is 0 Å². The van der Waals surface area contributed by atoms with Gasteiger partial charge < -0.3 is 0 Å². The van der Waals surface area contributed by atoms with Crippen molar-refractivity contribution in [3.8, 4) is 0 Å². The van der Waals surface area contributed by atoms with Crippen LogP contribution in [0.3, 0.4) is 0 Å². The molecule has 0 spiro atoms. The summed E-state index contributed by atoms with van der Waals surface area (Å²) in [6, 6.07) is 1.61. The van der Waals surface area contributed by atoms with Gasteiger partial charge in [0.1, 0.15) is 0 Å². The van der Waals surface area contributed by atoms with Gasteiger partial charge in [-0.25, -0.2) is 0 Å². The van der Waals surface area contributed by atoms with Crippen molar-refractivity contribution in [2.24, 2.45) is 0 Å². The fourth-order valence-electron chi connectivity index (χ4n) is 1.63. The number of fused-ring (bicyclic) bond motifs is 1. The summed E-state index contributed by atoms with van der Waals surface area (Å²) in [6.45, 7) is -0.116. The summed E-state index contributed by atoms with van der Waals surface area (Å²) in [7, 11) is 0. The second-order valence-electron chi connectivity index (χ2n) is 3.70. The normalized spacial score (nSPS) is 19.7. The Balaban J connectivity index is 2.11. The summed E-state index contributed by atoms with van der Waals surface area (Å²) in [4.78, 5) is 17.0. The number of hydrogen-bond acceptors (Lipinski definition) is 4. The molecular weight excluding hydrogens is 339 g/mol. The van der Waals surface area contributed by atoms with Gasteiger partial charge in [0.05, 0.1) is 0 Å². The number of nitrogens with zero attached hydrogens (tertiary/aromatic N) is 2. The molecule has 0 bridgehead atoms. The third kappa shape index (κ3) is 1.89. The van der Waals surface area contributed by atoms with Crippen molar-refractivity contribution in [1.82, 2.24) is 9.38 Å². The topological polar surface area (TPSA) is 54.6 Å². The SMILES string of the molecule is O=c1cc(CC2C[I-]2)nc2scc(CO)n12. The Morgan fingerprint density at radius 1 is 1.69 bits per heavy atom. The molecule has 1 N–H and O–H groups in total. The van der Waals surface area contributed by atoms with Gasteiger partial charge in [-0.3, -0.25) is 0 Å². The Kier molecular flexibility index (Phi) is 2.72. The van der Waals surface area contributed by atoms with E-state index in [2.05, 4.69) is 4.98 Å². The maximum atomic E-state index is 11.9. The van der Waals surface area contributed by atoms with Gasteiger partial charge in [-0.2, -0.15) is 0 Å². The van der Waals surface area contributed by atoms with Crippen molar-refractivity contribution in [2.75, 3.05) is 4.43 Å². The van der Waals surface area contributed by atoms with E-state index >= 15 is 0 Å². The molecule has 3 rings (SSSR count). The Morgan fingerprint density at radius 3 is 3.19 bits per heavy atom. The molecular formula is C10H10IN2O2S-. The second-order valence-corrected chi connectivity index (χ2v) is 8.06. The van der Waals surface area contributed by atoms with Crippen LogP contribution in [0.2, 0.25) is 0 Å². The van der Waals surface area contributed by atoms with Crippen LogP contribution in [0.15, 0.2) is 16.2 Å². The van der Waals surface area contributed by atoms with E-state index in [0.717, 1.165) is 16.0 Å². The molecule has 6 heteroatoms. The molecule has 0 aliphatic carbocycles. The van der Waals surface area contributed by atoms with E-state index in [1.807, 2.05) is 0 Å². The van der Waals surface area contributed by atoms with Crippen LogP contribution in [0.5, 0.6) is 0 Å². The minimum atomic E-state index is -0.116. The van der Waals surface area contributed by atoms with E-state index in [-0.39, 0.29) is 12.2 Å². The molecule has 1 fully saturated rings. The summed E-state index contributed by atoms with van der Waals surface area (Å²) >= 11 is 1.83. The predicted molar refractivity (Wildman–Crippen MR) is 57.6 cm³/mol. The Morgan fingerprint density at radius 2 is 2.50 bits per heavy atom. The van der Waals surface area contributed by atoms with E-state index < -0.39 is 0 Å². The fourth-order valence-corrected chi connectivity index (χ4v) is 3.97. The number of rotatable bonds is 3. The number of alkyl halides is 2. The molecule has 1 unspecified atom stereocenters. The van der Waals surface area contributed by atoms with Gasteiger partial charge >= 0.3 is 107 Å². The quantitative estimate of drug-likeness (QED) is 0.484. The summed E-state index contributed by atoms with van der Waals surface area (Å²) < 4.78 is 3.70. The summed E-state index contributed by atoms with van der Waals surface area (Å²) in [5.74, 6) is 0. The van der Waals surface area contributed by atoms with Gasteiger partial charge in [-0.15, -0.1) is 0 Å². The van der Waals surface area contributed by atoms with Crippen molar-refractivity contribution in [3.63, 3.8) is 0 Å². The third-order valence-electron chi connectivity index (χ3n) is 2.49. The van der Waals surface area contributed by atoms with Gasteiger partial charge in [0.25, 0.3) is 0 Å². The van der Waals surface area contributed by atoms with E-state index in [0.29, 0.717) is 31.9 Å². The molecule has 2 aromatic rings. The first-order valence-corrected chi connectivity index (χ1v) is 8.60. The Bertz CT molecular complexity index is 588. The summed E-state index contributed by atoms with van der Waals surface area (Å²) in [5.41, 5.74) is 1.48. The van der Waals surface area contributed by atoms with Gasteiger partial charge in [-0.1, -0.05) is 0 Å². The molecule has 3 heterocycles. The van der Waals surface area contributed by atoms with Crippen LogP contribution < -0.4 is 26.8 Å². The van der Waals surface area contributed by atoms with Crippen LogP contribution in [-0.2, 0) is 13.0 Å². The van der Waals surface area contributed by atoms with Gasteiger partial charge in [0, 0.05) is 0 Å². The number of halogens is 1. The fraction of sp³-hybridized carbons (Fsp3) is 0.400. The average Bonchev–Trinajstić information content (AvgIpc) is 2.96. The number of aliphatic hydroxyl groups excluding tert-OH is 1. The van der Waals surface area contributed by atoms with Crippen molar-refractivity contribution in [1.29, 1.82) is 0 Å². The zero-order valence-electron chi connectivity index (χ0n) is 8.39. The standard InChI is InChI=1S/C10H10IN2O2S/c14-4-8-5-16-10-12-7(1-6-3-11-6)2-9(15)13(8)10/h2,5-6,14H,1,3-4H2/q-1. The van der Waals surface area contributed by atoms with Crippen LogP contribution in [-0.4, -0.2) is 22.8 Å². The molecule has 1 saturated heterocycles. The second kappa shape index (κ2) is 4.08. The Labute approximate surface area is 106 Å². The van der Waals surface area contributed by atoms with Crippen LogP contribution in [0.4, 0.5) is 0 Å². The number of aromatic nitrogens is 2.